The van der Waals surface area contributed by atoms with E-state index >= 15 is 0 Å². The maximum absolute atomic E-state index is 11.4. The van der Waals surface area contributed by atoms with E-state index in [-0.39, 0.29) is 23.0 Å². The zero-order valence-electron chi connectivity index (χ0n) is 24.2. The van der Waals surface area contributed by atoms with Gasteiger partial charge in [0.2, 0.25) is 17.2 Å². The van der Waals surface area contributed by atoms with Crippen LogP contribution >= 0.6 is 46.6 Å². The van der Waals surface area contributed by atoms with Crippen LogP contribution in [0.25, 0.3) is 0 Å². The molecule has 2 amide bonds. The number of hydrogen-bond donors (Lipinski definition) is 3. The van der Waals surface area contributed by atoms with Crippen LogP contribution in [-0.2, 0) is 4.74 Å². The summed E-state index contributed by atoms with van der Waals surface area (Å²) in [4.78, 5) is 36.4. The van der Waals surface area contributed by atoms with Crippen molar-refractivity contribution in [3.05, 3.63) is 34.6 Å². The fraction of sp³-hybridized carbons (Fsp3) is 0.519. The van der Waals surface area contributed by atoms with E-state index in [9.17, 15) is 9.59 Å². The summed E-state index contributed by atoms with van der Waals surface area (Å²) in [5.74, 6) is 7.23. The number of carbonyl (C=O) groups is 2. The molecular weight excluding hydrogens is 609 g/mol. The zero-order valence-corrected chi connectivity index (χ0v) is 27.3. The number of aromatic nitrogens is 3. The van der Waals surface area contributed by atoms with Gasteiger partial charge in [-0.2, -0.15) is 15.0 Å². The number of anilines is 3. The summed E-state index contributed by atoms with van der Waals surface area (Å²) in [6, 6.07) is 6.76. The Morgan fingerprint density at radius 3 is 2.05 bits per heavy atom. The number of alkyl halides is 1. The molecule has 0 aliphatic heterocycles. The molecule has 1 aromatic carbocycles. The lowest BCUT2D eigenvalue weighted by Crippen LogP contribution is -2.29. The third-order valence-electron chi connectivity index (χ3n) is 4.33. The van der Waals surface area contributed by atoms with Gasteiger partial charge in [-0.1, -0.05) is 62.0 Å². The molecule has 10 nitrogen and oxygen atoms in total. The second-order valence-electron chi connectivity index (χ2n) is 7.70. The van der Waals surface area contributed by atoms with Crippen molar-refractivity contribution in [3.63, 3.8) is 0 Å². The van der Waals surface area contributed by atoms with Gasteiger partial charge in [-0.05, 0) is 62.2 Å². The van der Waals surface area contributed by atoms with Crippen LogP contribution in [0.4, 0.5) is 27.2 Å². The second-order valence-corrected chi connectivity index (χ2v) is 9.95. The Bertz CT molecular complexity index is 1060. The molecule has 0 saturated carbocycles. The Balaban J connectivity index is 0.000000593. The summed E-state index contributed by atoms with van der Waals surface area (Å²) in [5, 5.41) is 9.41. The molecule has 3 N–H and O–H groups in total. The van der Waals surface area contributed by atoms with Crippen LogP contribution in [-0.4, -0.2) is 75.6 Å². The Morgan fingerprint density at radius 1 is 0.951 bits per heavy atom. The van der Waals surface area contributed by atoms with Crippen molar-refractivity contribution in [1.29, 1.82) is 0 Å². The van der Waals surface area contributed by atoms with Crippen LogP contribution < -0.4 is 16.0 Å². The minimum Gasteiger partial charge on any atom is -0.436 e. The summed E-state index contributed by atoms with van der Waals surface area (Å²) < 4.78 is 4.76. The van der Waals surface area contributed by atoms with Crippen LogP contribution in [0.1, 0.15) is 47.5 Å². The van der Waals surface area contributed by atoms with Gasteiger partial charge in [0.05, 0.1) is 5.88 Å². The number of hydrogen-bond acceptors (Lipinski definition) is 9. The molecule has 0 atom stereocenters. The molecule has 0 aliphatic rings. The van der Waals surface area contributed by atoms with E-state index in [1.165, 1.54) is 11.8 Å². The average molecular weight is 649 g/mol. The van der Waals surface area contributed by atoms with Crippen LogP contribution in [0.5, 0.6) is 0 Å². The second kappa shape index (κ2) is 25.1. The lowest BCUT2D eigenvalue weighted by Gasteiger charge is -2.20. The van der Waals surface area contributed by atoms with E-state index in [1.54, 1.807) is 24.3 Å². The van der Waals surface area contributed by atoms with E-state index < -0.39 is 6.09 Å². The number of rotatable bonds is 11. The molecule has 228 valence electrons. The summed E-state index contributed by atoms with van der Waals surface area (Å²) in [6.45, 7) is 13.5. The predicted molar refractivity (Wildman–Crippen MR) is 174 cm³/mol. The summed E-state index contributed by atoms with van der Waals surface area (Å²) in [6.07, 6.45) is 1.53. The summed E-state index contributed by atoms with van der Waals surface area (Å²) in [7, 11) is 0. The normalized spacial score (nSPS) is 9.46. The van der Waals surface area contributed by atoms with Crippen molar-refractivity contribution in [2.75, 3.05) is 60.4 Å². The van der Waals surface area contributed by atoms with Gasteiger partial charge in [0.25, 0.3) is 5.24 Å². The molecule has 14 heteroatoms. The van der Waals surface area contributed by atoms with Gasteiger partial charge in [0.1, 0.15) is 0 Å². The van der Waals surface area contributed by atoms with E-state index in [0.717, 1.165) is 44.8 Å². The largest absolute Gasteiger partial charge is 0.436 e. The standard InChI is InChI=1S/C11H9Cl2NO2.C9H19NOS.C7H12ClN5/c12-6-1-2-7-16-11(15)14-10-5-3-4-9(13)8-10;1-4-7-10(8-5-2)9(11)12-6-3;1-3-9-6-11-5(8)12-7(13-6)10-4-2/h3-5,8H,6-7H2,(H,14,15);4-8H2,1-3H3;3-4H2,1-2H3,(H2,9,10,11,12,13). The summed E-state index contributed by atoms with van der Waals surface area (Å²) in [5.41, 5.74) is 0.572. The quantitative estimate of drug-likeness (QED) is 0.168. The molecule has 2 aromatic rings. The number of ether oxygens (including phenoxy) is 1. The van der Waals surface area contributed by atoms with Crippen LogP contribution in [0.2, 0.25) is 10.3 Å². The Kier molecular flexibility index (Phi) is 23.5. The highest BCUT2D eigenvalue weighted by molar-refractivity contribution is 8.13. The molecule has 0 radical (unpaired) electrons. The number of amides is 2. The summed E-state index contributed by atoms with van der Waals surface area (Å²) >= 11 is 18.1. The molecule has 0 fully saturated rings. The zero-order chi connectivity index (χ0) is 30.9. The third kappa shape index (κ3) is 20.0. The monoisotopic (exact) mass is 647 g/mol. The van der Waals surface area contributed by atoms with Crippen molar-refractivity contribution in [2.24, 2.45) is 0 Å². The first kappa shape index (κ1) is 38.4. The number of thioether (sulfide) groups is 1. The van der Waals surface area contributed by atoms with Crippen LogP contribution in [0.3, 0.4) is 0 Å². The number of nitrogens with one attached hydrogen (secondary N) is 3. The molecule has 1 heterocycles. The van der Waals surface area contributed by atoms with Gasteiger partial charge >= 0.3 is 6.09 Å². The van der Waals surface area contributed by atoms with Crippen molar-refractivity contribution in [3.8, 4) is 11.8 Å². The fourth-order valence-corrected chi connectivity index (χ4v) is 3.85. The molecule has 0 spiro atoms. The Labute approximate surface area is 263 Å². The Morgan fingerprint density at radius 2 is 1.56 bits per heavy atom. The lowest BCUT2D eigenvalue weighted by molar-refractivity contribution is 0.176. The molecule has 0 bridgehead atoms. The van der Waals surface area contributed by atoms with Gasteiger partial charge in [0.15, 0.2) is 6.61 Å². The van der Waals surface area contributed by atoms with Crippen molar-refractivity contribution >= 4 is 75.5 Å². The minimum atomic E-state index is -0.578. The third-order valence-corrected chi connectivity index (χ3v) is 5.66. The SMILES string of the molecule is CCCN(CCC)C(=O)SCC.CCNc1nc(Cl)nc(NCC)n1.O=C(Nc1cccc(Cl)c1)OCC#CCCl. The predicted octanol–water partition coefficient (Wildman–Crippen LogP) is 7.50. The molecule has 41 heavy (non-hydrogen) atoms. The van der Waals surface area contributed by atoms with E-state index in [0.29, 0.717) is 22.6 Å². The van der Waals surface area contributed by atoms with Crippen molar-refractivity contribution in [1.82, 2.24) is 19.9 Å². The van der Waals surface area contributed by atoms with E-state index in [4.69, 9.17) is 39.5 Å². The number of benzene rings is 1. The average Bonchev–Trinajstić information content (AvgIpc) is 2.92. The van der Waals surface area contributed by atoms with Gasteiger partial charge in [-0.3, -0.25) is 10.1 Å². The molecule has 0 saturated heterocycles. The molecule has 1 aromatic heterocycles. The van der Waals surface area contributed by atoms with Gasteiger partial charge in [0, 0.05) is 36.9 Å². The highest BCUT2D eigenvalue weighted by Gasteiger charge is 2.10. The number of carbonyl (C=O) groups excluding carboxylic acids is 2. The van der Waals surface area contributed by atoms with Crippen LogP contribution in [0.15, 0.2) is 24.3 Å². The maximum atomic E-state index is 11.4. The first-order valence-electron chi connectivity index (χ1n) is 13.3. The van der Waals surface area contributed by atoms with Gasteiger partial charge in [-0.25, -0.2) is 4.79 Å². The highest BCUT2D eigenvalue weighted by Crippen LogP contribution is 2.15. The number of halogens is 3. The molecular formula is C27H40Cl3N7O3S. The lowest BCUT2D eigenvalue weighted by atomic mass is 10.3. The van der Waals surface area contributed by atoms with Gasteiger partial charge in [-0.15, -0.1) is 11.6 Å². The molecule has 2 rings (SSSR count). The molecule has 0 unspecified atom stereocenters. The highest BCUT2D eigenvalue weighted by atomic mass is 35.5. The maximum Gasteiger partial charge on any atom is 0.412 e. The number of nitrogens with zero attached hydrogens (tertiary/aromatic N) is 4. The van der Waals surface area contributed by atoms with Crippen molar-refractivity contribution < 1.29 is 14.3 Å². The van der Waals surface area contributed by atoms with E-state index in [2.05, 4.69) is 56.6 Å². The smallest absolute Gasteiger partial charge is 0.412 e. The van der Waals surface area contributed by atoms with E-state index in [1.807, 2.05) is 25.7 Å². The first-order chi connectivity index (χ1) is 19.7. The Hall–Kier alpha value is -2.65. The fourth-order valence-electron chi connectivity index (χ4n) is 2.79. The molecule has 0 aliphatic carbocycles. The first-order valence-corrected chi connectivity index (χ1v) is 15.5. The topological polar surface area (TPSA) is 121 Å². The van der Waals surface area contributed by atoms with Crippen molar-refractivity contribution in [2.45, 2.75) is 47.5 Å². The van der Waals surface area contributed by atoms with Crippen LogP contribution in [0, 0.1) is 11.8 Å². The van der Waals surface area contributed by atoms with Gasteiger partial charge < -0.3 is 20.3 Å². The minimum absolute atomic E-state index is 0.0130.